The Balaban J connectivity index is 1.80. The Bertz CT molecular complexity index is 1000. The van der Waals surface area contributed by atoms with E-state index in [4.69, 9.17) is 11.6 Å². The monoisotopic (exact) mass is 424 g/mol. The number of hydrogen-bond donors (Lipinski definition) is 3. The summed E-state index contributed by atoms with van der Waals surface area (Å²) in [6.07, 6.45) is 1.52. The third kappa shape index (κ3) is 4.99. The maximum atomic E-state index is 12.1. The molecule has 30 heavy (non-hydrogen) atoms. The van der Waals surface area contributed by atoms with Crippen molar-refractivity contribution in [2.75, 3.05) is 35.7 Å². The number of aromatic nitrogens is 2. The van der Waals surface area contributed by atoms with Crippen molar-refractivity contribution in [3.05, 3.63) is 65.3 Å². The van der Waals surface area contributed by atoms with E-state index >= 15 is 0 Å². The van der Waals surface area contributed by atoms with Gasteiger partial charge in [0.1, 0.15) is 5.02 Å². The average Bonchev–Trinajstić information content (AvgIpc) is 2.78. The van der Waals surface area contributed by atoms with Gasteiger partial charge in [0.2, 0.25) is 5.95 Å². The van der Waals surface area contributed by atoms with Crippen LogP contribution in [0.3, 0.4) is 0 Å². The molecule has 8 heteroatoms. The molecule has 0 saturated carbocycles. The van der Waals surface area contributed by atoms with Gasteiger partial charge in [-0.1, -0.05) is 23.7 Å². The van der Waals surface area contributed by atoms with Crippen molar-refractivity contribution in [1.29, 1.82) is 0 Å². The molecule has 0 spiro atoms. The normalized spacial score (nSPS) is 10.4. The van der Waals surface area contributed by atoms with Gasteiger partial charge in [0.15, 0.2) is 5.82 Å². The first-order chi connectivity index (χ1) is 14.5. The Kier molecular flexibility index (Phi) is 7.08. The number of carbonyl (C=O) groups excluding carboxylic acids is 1. The van der Waals surface area contributed by atoms with E-state index in [0.29, 0.717) is 28.0 Å². The highest BCUT2D eigenvalue weighted by Gasteiger charge is 2.12. The fourth-order valence-electron chi connectivity index (χ4n) is 3.04. The van der Waals surface area contributed by atoms with Crippen molar-refractivity contribution in [2.24, 2.45) is 0 Å². The van der Waals surface area contributed by atoms with Crippen LogP contribution in [0.1, 0.15) is 24.2 Å². The van der Waals surface area contributed by atoms with Crippen molar-refractivity contribution in [1.82, 2.24) is 15.3 Å². The quantitative estimate of drug-likeness (QED) is 0.480. The van der Waals surface area contributed by atoms with Gasteiger partial charge < -0.3 is 20.9 Å². The van der Waals surface area contributed by atoms with Crippen LogP contribution in [0.25, 0.3) is 0 Å². The summed E-state index contributed by atoms with van der Waals surface area (Å²) in [4.78, 5) is 23.1. The lowest BCUT2D eigenvalue weighted by atomic mass is 10.1. The fourth-order valence-corrected chi connectivity index (χ4v) is 3.18. The van der Waals surface area contributed by atoms with E-state index in [1.54, 1.807) is 25.2 Å². The van der Waals surface area contributed by atoms with Crippen molar-refractivity contribution < 1.29 is 4.79 Å². The fraction of sp³-hybridized carbons (Fsp3) is 0.227. The number of rotatable bonds is 8. The number of hydrogen-bond acceptors (Lipinski definition) is 6. The van der Waals surface area contributed by atoms with Gasteiger partial charge in [-0.15, -0.1) is 0 Å². The highest BCUT2D eigenvalue weighted by molar-refractivity contribution is 6.33. The van der Waals surface area contributed by atoms with Gasteiger partial charge in [-0.3, -0.25) is 4.79 Å². The molecule has 3 aromatic rings. The smallest absolute Gasteiger partial charge is 0.253 e. The molecular weight excluding hydrogens is 400 g/mol. The SMILES string of the molecule is CCN(CC)c1ccc(Nc2ncc(Cl)c(Nc3ccccc3C(=O)NC)n2)cc1. The van der Waals surface area contributed by atoms with E-state index < -0.39 is 0 Å². The van der Waals surface area contributed by atoms with Gasteiger partial charge in [0.05, 0.1) is 17.4 Å². The molecule has 3 rings (SSSR count). The zero-order valence-electron chi connectivity index (χ0n) is 17.2. The zero-order valence-corrected chi connectivity index (χ0v) is 18.0. The lowest BCUT2D eigenvalue weighted by Gasteiger charge is -2.21. The molecule has 0 fully saturated rings. The van der Waals surface area contributed by atoms with Crippen LogP contribution in [0, 0.1) is 0 Å². The summed E-state index contributed by atoms with van der Waals surface area (Å²) in [5.41, 5.74) is 3.13. The van der Waals surface area contributed by atoms with Crippen LogP contribution < -0.4 is 20.9 Å². The number of halogens is 1. The molecule has 7 nitrogen and oxygen atoms in total. The lowest BCUT2D eigenvalue weighted by Crippen LogP contribution is -2.21. The largest absolute Gasteiger partial charge is 0.372 e. The number of para-hydroxylation sites is 1. The van der Waals surface area contributed by atoms with Crippen LogP contribution in [0.2, 0.25) is 5.02 Å². The van der Waals surface area contributed by atoms with Crippen molar-refractivity contribution >= 4 is 46.3 Å². The van der Waals surface area contributed by atoms with Gasteiger partial charge >= 0.3 is 0 Å². The summed E-state index contributed by atoms with van der Waals surface area (Å²) in [7, 11) is 1.59. The molecule has 2 aromatic carbocycles. The summed E-state index contributed by atoms with van der Waals surface area (Å²) < 4.78 is 0. The third-order valence-electron chi connectivity index (χ3n) is 4.65. The first kappa shape index (κ1) is 21.4. The van der Waals surface area contributed by atoms with Crippen molar-refractivity contribution in [2.45, 2.75) is 13.8 Å². The number of nitrogens with one attached hydrogen (secondary N) is 3. The van der Waals surface area contributed by atoms with Crippen molar-refractivity contribution in [3.8, 4) is 0 Å². The Labute approximate surface area is 181 Å². The molecule has 1 amide bonds. The maximum Gasteiger partial charge on any atom is 0.253 e. The molecule has 0 radical (unpaired) electrons. The second-order valence-corrected chi connectivity index (χ2v) is 6.89. The van der Waals surface area contributed by atoms with E-state index in [0.717, 1.165) is 24.5 Å². The highest BCUT2D eigenvalue weighted by Crippen LogP contribution is 2.27. The predicted octanol–water partition coefficient (Wildman–Crippen LogP) is 4.82. The maximum absolute atomic E-state index is 12.1. The minimum absolute atomic E-state index is 0.199. The van der Waals surface area contributed by atoms with Gasteiger partial charge in [0.25, 0.3) is 5.91 Å². The van der Waals surface area contributed by atoms with Crippen LogP contribution in [-0.4, -0.2) is 36.0 Å². The Morgan fingerprint density at radius 3 is 2.40 bits per heavy atom. The molecule has 0 aliphatic carbocycles. The Morgan fingerprint density at radius 2 is 1.73 bits per heavy atom. The Hall–Kier alpha value is -3.32. The van der Waals surface area contributed by atoms with Gasteiger partial charge in [-0.25, -0.2) is 4.98 Å². The summed E-state index contributed by atoms with van der Waals surface area (Å²) in [5.74, 6) is 0.607. The highest BCUT2D eigenvalue weighted by atomic mass is 35.5. The molecule has 1 heterocycles. The summed E-state index contributed by atoms with van der Waals surface area (Å²) in [6.45, 7) is 6.17. The van der Waals surface area contributed by atoms with Crippen LogP contribution in [0.4, 0.5) is 28.8 Å². The van der Waals surface area contributed by atoms with Gasteiger partial charge in [-0.05, 0) is 50.2 Å². The summed E-state index contributed by atoms with van der Waals surface area (Å²) in [5, 5.41) is 9.30. The van der Waals surface area contributed by atoms with E-state index in [-0.39, 0.29) is 5.91 Å². The number of nitrogens with zero attached hydrogens (tertiary/aromatic N) is 3. The average molecular weight is 425 g/mol. The van der Waals surface area contributed by atoms with E-state index in [2.05, 4.69) is 56.8 Å². The molecule has 0 saturated heterocycles. The molecular formula is C22H25ClN6O. The van der Waals surface area contributed by atoms with Gasteiger partial charge in [0, 0.05) is 31.5 Å². The number of benzene rings is 2. The second kappa shape index (κ2) is 9.93. The third-order valence-corrected chi connectivity index (χ3v) is 4.92. The van der Waals surface area contributed by atoms with E-state index in [1.165, 1.54) is 6.20 Å². The number of carbonyl (C=O) groups is 1. The molecule has 156 valence electrons. The molecule has 1 aromatic heterocycles. The first-order valence-corrected chi connectivity index (χ1v) is 10.2. The number of anilines is 5. The van der Waals surface area contributed by atoms with Crippen LogP contribution >= 0.6 is 11.6 Å². The molecule has 0 unspecified atom stereocenters. The molecule has 0 aliphatic heterocycles. The molecule has 0 aliphatic rings. The lowest BCUT2D eigenvalue weighted by molar-refractivity contribution is 0.0964. The molecule has 0 bridgehead atoms. The first-order valence-electron chi connectivity index (χ1n) is 9.78. The Morgan fingerprint density at radius 1 is 1.03 bits per heavy atom. The van der Waals surface area contributed by atoms with Crippen LogP contribution in [-0.2, 0) is 0 Å². The predicted molar refractivity (Wildman–Crippen MR) is 123 cm³/mol. The molecule has 0 atom stereocenters. The van der Waals surface area contributed by atoms with Crippen LogP contribution in [0.5, 0.6) is 0 Å². The van der Waals surface area contributed by atoms with Crippen molar-refractivity contribution in [3.63, 3.8) is 0 Å². The summed E-state index contributed by atoms with van der Waals surface area (Å²) >= 11 is 6.28. The minimum atomic E-state index is -0.199. The van der Waals surface area contributed by atoms with E-state index in [9.17, 15) is 4.79 Å². The summed E-state index contributed by atoms with van der Waals surface area (Å²) in [6, 6.07) is 15.2. The van der Waals surface area contributed by atoms with E-state index in [1.807, 2.05) is 18.2 Å². The molecule has 3 N–H and O–H groups in total. The van der Waals surface area contributed by atoms with Crippen LogP contribution in [0.15, 0.2) is 54.7 Å². The minimum Gasteiger partial charge on any atom is -0.372 e. The topological polar surface area (TPSA) is 82.2 Å². The van der Waals surface area contributed by atoms with Gasteiger partial charge in [-0.2, -0.15) is 4.98 Å². The zero-order chi connectivity index (χ0) is 21.5. The number of amides is 1. The second-order valence-electron chi connectivity index (χ2n) is 6.48. The standard InChI is InChI=1S/C22H25ClN6O/c1-4-29(5-2)16-12-10-15(11-13-16)26-22-25-14-18(23)20(28-22)27-19-9-7-6-8-17(19)21(30)24-3/h6-14H,4-5H2,1-3H3,(H,24,30)(H2,25,26,27,28).